The van der Waals surface area contributed by atoms with Crippen LogP contribution in [-0.4, -0.2) is 0 Å². The third-order valence-corrected chi connectivity index (χ3v) is 3.38. The van der Waals surface area contributed by atoms with Crippen LogP contribution in [0.3, 0.4) is 0 Å². The van der Waals surface area contributed by atoms with Crippen LogP contribution in [-0.2, 0) is 6.18 Å². The van der Waals surface area contributed by atoms with Gasteiger partial charge < -0.3 is 0 Å². The second-order valence-corrected chi connectivity index (χ2v) is 4.68. The van der Waals surface area contributed by atoms with Gasteiger partial charge in [-0.1, -0.05) is 24.3 Å². The van der Waals surface area contributed by atoms with Crippen molar-refractivity contribution in [1.82, 2.24) is 0 Å². The molecule has 1 nitrogen and oxygen atoms in total. The van der Waals surface area contributed by atoms with Crippen molar-refractivity contribution in [3.05, 3.63) is 57.8 Å². The van der Waals surface area contributed by atoms with Crippen LogP contribution in [0.15, 0.2) is 41.8 Å². The summed E-state index contributed by atoms with van der Waals surface area (Å²) < 4.78 is 38.5. The first-order valence-electron chi connectivity index (χ1n) is 5.34. The first-order valence-corrected chi connectivity index (χ1v) is 6.22. The lowest BCUT2D eigenvalue weighted by Crippen LogP contribution is -2.06. The van der Waals surface area contributed by atoms with Crippen LogP contribution in [0.25, 0.3) is 11.6 Å². The molecule has 0 spiro atoms. The molecule has 1 heterocycles. The van der Waals surface area contributed by atoms with E-state index in [0.29, 0.717) is 4.88 Å². The molecule has 1 aromatic heterocycles. The van der Waals surface area contributed by atoms with Crippen molar-refractivity contribution < 1.29 is 13.2 Å². The maximum absolute atomic E-state index is 12.8. The number of allylic oxidation sites excluding steroid dienone is 1. The molecule has 0 radical (unpaired) electrons. The van der Waals surface area contributed by atoms with Crippen molar-refractivity contribution in [2.75, 3.05) is 0 Å². The molecule has 0 N–H and O–H groups in total. The Morgan fingerprint density at radius 2 is 1.89 bits per heavy atom. The highest BCUT2D eigenvalue weighted by Gasteiger charge is 2.32. The molecular weight excluding hydrogens is 271 g/mol. The van der Waals surface area contributed by atoms with Crippen LogP contribution in [0.4, 0.5) is 13.2 Å². The van der Waals surface area contributed by atoms with E-state index in [1.54, 1.807) is 17.5 Å². The zero-order valence-corrected chi connectivity index (χ0v) is 10.4. The van der Waals surface area contributed by atoms with Crippen LogP contribution in [0, 0.1) is 11.3 Å². The van der Waals surface area contributed by atoms with Gasteiger partial charge in [0.1, 0.15) is 6.07 Å². The summed E-state index contributed by atoms with van der Waals surface area (Å²) in [7, 11) is 0. The van der Waals surface area contributed by atoms with Crippen LogP contribution < -0.4 is 0 Å². The third kappa shape index (κ3) is 3.04. The molecule has 0 fully saturated rings. The molecular formula is C14H8F3NS. The van der Waals surface area contributed by atoms with E-state index in [1.165, 1.54) is 35.6 Å². The Morgan fingerprint density at radius 1 is 1.16 bits per heavy atom. The van der Waals surface area contributed by atoms with Gasteiger partial charge in [0.05, 0.1) is 11.1 Å². The number of benzene rings is 1. The van der Waals surface area contributed by atoms with E-state index < -0.39 is 11.7 Å². The van der Waals surface area contributed by atoms with Gasteiger partial charge in [0.2, 0.25) is 0 Å². The maximum Gasteiger partial charge on any atom is 0.416 e. The molecule has 2 rings (SSSR count). The van der Waals surface area contributed by atoms with Crippen LogP contribution >= 0.6 is 11.3 Å². The molecule has 5 heteroatoms. The van der Waals surface area contributed by atoms with E-state index in [1.807, 2.05) is 6.07 Å². The van der Waals surface area contributed by atoms with Crippen molar-refractivity contribution in [2.45, 2.75) is 6.18 Å². The van der Waals surface area contributed by atoms with E-state index in [-0.39, 0.29) is 11.1 Å². The fourth-order valence-electron chi connectivity index (χ4n) is 1.63. The number of hydrogen-bond acceptors (Lipinski definition) is 2. The molecule has 1 aromatic carbocycles. The third-order valence-electron chi connectivity index (χ3n) is 2.47. The molecule has 0 saturated carbocycles. The van der Waals surface area contributed by atoms with Gasteiger partial charge in [-0.05, 0) is 29.2 Å². The van der Waals surface area contributed by atoms with Gasteiger partial charge in [-0.25, -0.2) is 0 Å². The SMILES string of the molecule is N#C/C(=C\c1ccccc1C(F)(F)F)c1cccs1. The van der Waals surface area contributed by atoms with E-state index in [2.05, 4.69) is 0 Å². The van der Waals surface area contributed by atoms with Gasteiger partial charge in [-0.3, -0.25) is 0 Å². The van der Waals surface area contributed by atoms with Crippen LogP contribution in [0.2, 0.25) is 0 Å². The van der Waals surface area contributed by atoms with Gasteiger partial charge >= 0.3 is 6.18 Å². The molecule has 0 amide bonds. The number of hydrogen-bond donors (Lipinski definition) is 0. The largest absolute Gasteiger partial charge is 0.416 e. The Bertz CT molecular complexity index is 633. The Kier molecular flexibility index (Phi) is 3.72. The number of thiophene rings is 1. The lowest BCUT2D eigenvalue weighted by atomic mass is 10.0. The van der Waals surface area contributed by atoms with Crippen molar-refractivity contribution >= 4 is 23.0 Å². The summed E-state index contributed by atoms with van der Waals surface area (Å²) in [6.45, 7) is 0. The average Bonchev–Trinajstić information content (AvgIpc) is 2.89. The molecule has 0 bridgehead atoms. The number of nitrogens with zero attached hydrogens (tertiary/aromatic N) is 1. The van der Waals surface area contributed by atoms with Crippen LogP contribution in [0.5, 0.6) is 0 Å². The Morgan fingerprint density at radius 3 is 2.47 bits per heavy atom. The number of halogens is 3. The molecule has 0 aliphatic heterocycles. The highest BCUT2D eigenvalue weighted by molar-refractivity contribution is 7.11. The first-order chi connectivity index (χ1) is 9.02. The highest BCUT2D eigenvalue weighted by atomic mass is 32.1. The van der Waals surface area contributed by atoms with Crippen molar-refractivity contribution in [3.8, 4) is 6.07 Å². The number of alkyl halides is 3. The fourth-order valence-corrected chi connectivity index (χ4v) is 2.32. The molecule has 0 aliphatic rings. The smallest absolute Gasteiger partial charge is 0.192 e. The Balaban J connectivity index is 2.52. The summed E-state index contributed by atoms with van der Waals surface area (Å²) in [5, 5.41) is 10.8. The van der Waals surface area contributed by atoms with Crippen LogP contribution in [0.1, 0.15) is 16.0 Å². The molecule has 2 aromatic rings. The average molecular weight is 279 g/mol. The molecule has 19 heavy (non-hydrogen) atoms. The summed E-state index contributed by atoms with van der Waals surface area (Å²) in [6.07, 6.45) is -3.15. The Labute approximate surface area is 112 Å². The van der Waals surface area contributed by atoms with Gasteiger partial charge in [0.15, 0.2) is 0 Å². The summed E-state index contributed by atoms with van der Waals surface area (Å²) in [5.74, 6) is 0. The van der Waals surface area contributed by atoms with E-state index >= 15 is 0 Å². The molecule has 0 unspecified atom stereocenters. The van der Waals surface area contributed by atoms with Gasteiger partial charge in [0, 0.05) is 4.88 Å². The fraction of sp³-hybridized carbons (Fsp3) is 0.0714. The Hall–Kier alpha value is -2.06. The molecule has 0 aliphatic carbocycles. The second kappa shape index (κ2) is 5.29. The zero-order valence-electron chi connectivity index (χ0n) is 9.61. The zero-order chi connectivity index (χ0) is 13.9. The monoisotopic (exact) mass is 279 g/mol. The normalized spacial score (nSPS) is 12.2. The molecule has 0 atom stereocenters. The van der Waals surface area contributed by atoms with E-state index in [0.717, 1.165) is 6.07 Å². The summed E-state index contributed by atoms with van der Waals surface area (Å²) in [4.78, 5) is 0.652. The summed E-state index contributed by atoms with van der Waals surface area (Å²) >= 11 is 1.32. The molecule has 96 valence electrons. The lowest BCUT2D eigenvalue weighted by Gasteiger charge is -2.10. The number of nitriles is 1. The van der Waals surface area contributed by atoms with Gasteiger partial charge in [-0.2, -0.15) is 18.4 Å². The lowest BCUT2D eigenvalue weighted by molar-refractivity contribution is -0.137. The van der Waals surface area contributed by atoms with E-state index in [4.69, 9.17) is 5.26 Å². The number of rotatable bonds is 2. The predicted octanol–water partition coefficient (Wildman–Crippen LogP) is 4.83. The second-order valence-electron chi connectivity index (χ2n) is 3.73. The van der Waals surface area contributed by atoms with E-state index in [9.17, 15) is 13.2 Å². The minimum Gasteiger partial charge on any atom is -0.192 e. The minimum absolute atomic E-state index is 0.0000463. The first kappa shape index (κ1) is 13.4. The van der Waals surface area contributed by atoms with Crippen molar-refractivity contribution in [1.29, 1.82) is 5.26 Å². The maximum atomic E-state index is 12.8. The van der Waals surface area contributed by atoms with Gasteiger partial charge in [-0.15, -0.1) is 11.3 Å². The summed E-state index contributed by atoms with van der Waals surface area (Å²) in [5.41, 5.74) is -0.508. The van der Waals surface area contributed by atoms with Gasteiger partial charge in [0.25, 0.3) is 0 Å². The topological polar surface area (TPSA) is 23.8 Å². The standard InChI is InChI=1S/C14H8F3NS/c15-14(16,17)12-5-2-1-4-10(12)8-11(9-18)13-6-3-7-19-13/h1-8H/b11-8+. The predicted molar refractivity (Wildman–Crippen MR) is 69.2 cm³/mol. The van der Waals surface area contributed by atoms with Crippen molar-refractivity contribution in [3.63, 3.8) is 0 Å². The van der Waals surface area contributed by atoms with Crippen molar-refractivity contribution in [2.24, 2.45) is 0 Å². The highest BCUT2D eigenvalue weighted by Crippen LogP contribution is 2.33. The molecule has 0 saturated heterocycles. The summed E-state index contributed by atoms with van der Waals surface area (Å²) in [6, 6.07) is 10.6. The minimum atomic E-state index is -4.43. The quantitative estimate of drug-likeness (QED) is 0.722.